The van der Waals surface area contributed by atoms with E-state index in [9.17, 15) is 0 Å². The molecule has 1 aliphatic rings. The third-order valence-electron chi connectivity index (χ3n) is 6.14. The van der Waals surface area contributed by atoms with Crippen LogP contribution in [0, 0.1) is 6.92 Å². The summed E-state index contributed by atoms with van der Waals surface area (Å²) in [5, 5.41) is 8.39. The number of hydrogen-bond donors (Lipinski definition) is 3. The first kappa shape index (κ1) is 21.9. The zero-order chi connectivity index (χ0) is 22.5. The molecule has 3 aromatic rings. The average Bonchev–Trinajstić information content (AvgIpc) is 3.46. The van der Waals surface area contributed by atoms with Crippen LogP contribution in [0.15, 0.2) is 47.6 Å². The van der Waals surface area contributed by atoms with E-state index in [-0.39, 0.29) is 0 Å². The number of rotatable bonds is 7. The van der Waals surface area contributed by atoms with E-state index in [1.165, 1.54) is 22.0 Å². The van der Waals surface area contributed by atoms with Crippen LogP contribution in [0.3, 0.4) is 0 Å². The van der Waals surface area contributed by atoms with E-state index >= 15 is 0 Å². The molecule has 0 saturated carbocycles. The fourth-order valence-corrected chi connectivity index (χ4v) is 4.44. The molecule has 32 heavy (non-hydrogen) atoms. The maximum absolute atomic E-state index is 5.42. The molecule has 0 aliphatic carbocycles. The Morgan fingerprint density at radius 2 is 1.97 bits per heavy atom. The van der Waals surface area contributed by atoms with Crippen LogP contribution in [-0.4, -0.2) is 57.9 Å². The van der Waals surface area contributed by atoms with Gasteiger partial charge in [0.25, 0.3) is 0 Å². The van der Waals surface area contributed by atoms with Crippen molar-refractivity contribution in [3.05, 3.63) is 53.7 Å². The number of nitrogens with zero attached hydrogens (tertiary/aromatic N) is 2. The second-order valence-electron chi connectivity index (χ2n) is 8.21. The van der Waals surface area contributed by atoms with Crippen molar-refractivity contribution in [2.24, 2.45) is 4.99 Å². The largest absolute Gasteiger partial charge is 0.497 e. The highest BCUT2D eigenvalue weighted by Gasteiger charge is 2.24. The molecule has 1 aliphatic heterocycles. The molecule has 0 bridgehead atoms. The lowest BCUT2D eigenvalue weighted by atomic mass is 10.1. The Hall–Kier alpha value is -3.35. The summed E-state index contributed by atoms with van der Waals surface area (Å²) < 4.78 is 10.8. The molecule has 1 atom stereocenters. The van der Waals surface area contributed by atoms with Gasteiger partial charge in [0.15, 0.2) is 5.96 Å². The van der Waals surface area contributed by atoms with E-state index in [0.29, 0.717) is 6.04 Å². The first-order valence-electron chi connectivity index (χ1n) is 11.1. The number of hydrogen-bond acceptors (Lipinski definition) is 4. The zero-order valence-electron chi connectivity index (χ0n) is 19.4. The van der Waals surface area contributed by atoms with E-state index in [0.717, 1.165) is 55.6 Å². The molecule has 1 saturated heterocycles. The number of aromatic nitrogens is 1. The molecule has 0 spiro atoms. The highest BCUT2D eigenvalue weighted by Crippen LogP contribution is 2.30. The minimum absolute atomic E-state index is 0.328. The maximum Gasteiger partial charge on any atom is 0.191 e. The molecule has 1 fully saturated rings. The van der Waals surface area contributed by atoms with Crippen molar-refractivity contribution in [2.45, 2.75) is 25.8 Å². The monoisotopic (exact) mass is 435 g/mol. The Kier molecular flexibility index (Phi) is 6.73. The van der Waals surface area contributed by atoms with Crippen molar-refractivity contribution >= 4 is 22.5 Å². The summed E-state index contributed by atoms with van der Waals surface area (Å²) in [6, 6.07) is 12.7. The van der Waals surface area contributed by atoms with Crippen molar-refractivity contribution < 1.29 is 9.47 Å². The number of fused-ring (bicyclic) bond motifs is 1. The van der Waals surface area contributed by atoms with Gasteiger partial charge in [-0.3, -0.25) is 4.99 Å². The average molecular weight is 436 g/mol. The summed E-state index contributed by atoms with van der Waals surface area (Å²) in [5.41, 5.74) is 4.95. The van der Waals surface area contributed by atoms with Gasteiger partial charge >= 0.3 is 0 Å². The van der Waals surface area contributed by atoms with Crippen LogP contribution in [0.4, 0.5) is 5.69 Å². The molecule has 2 aromatic carbocycles. The summed E-state index contributed by atoms with van der Waals surface area (Å²) in [6.45, 7) is 4.86. The second-order valence-corrected chi connectivity index (χ2v) is 8.21. The van der Waals surface area contributed by atoms with Crippen molar-refractivity contribution in [2.75, 3.05) is 45.8 Å². The fraction of sp³-hybridized carbons (Fsp3) is 0.400. The van der Waals surface area contributed by atoms with Gasteiger partial charge in [-0.1, -0.05) is 12.1 Å². The van der Waals surface area contributed by atoms with Crippen LogP contribution in [0.2, 0.25) is 0 Å². The van der Waals surface area contributed by atoms with Crippen LogP contribution in [0.1, 0.15) is 17.5 Å². The molecular formula is C25H33N5O2. The van der Waals surface area contributed by atoms with Crippen molar-refractivity contribution in [3.8, 4) is 11.5 Å². The van der Waals surface area contributed by atoms with Crippen LogP contribution in [0.5, 0.6) is 11.5 Å². The minimum Gasteiger partial charge on any atom is -0.497 e. The molecule has 1 unspecified atom stereocenters. The predicted octanol–water partition coefficient (Wildman–Crippen LogP) is 3.48. The molecule has 7 nitrogen and oxygen atoms in total. The molecule has 0 radical (unpaired) electrons. The molecule has 170 valence electrons. The number of ether oxygens (including phenoxy) is 2. The van der Waals surface area contributed by atoms with Crippen molar-refractivity contribution in [1.82, 2.24) is 15.6 Å². The Morgan fingerprint density at radius 1 is 1.19 bits per heavy atom. The molecule has 1 aromatic heterocycles. The standard InChI is InChI=1S/C25H33N5O2/c1-17-6-5-7-23-24(17)18(15-28-23)8-10-27-25(26-2)29-19-9-11-30(16-19)20-12-21(31-3)14-22(13-20)32-4/h5-7,12-15,19,28H,8-11,16H2,1-4H3,(H2,26,27,29). The number of aliphatic imine (C=N–C) groups is 1. The van der Waals surface area contributed by atoms with Gasteiger partial charge in [0.2, 0.25) is 0 Å². The summed E-state index contributed by atoms with van der Waals surface area (Å²) in [6.07, 6.45) is 4.10. The van der Waals surface area contributed by atoms with Gasteiger partial charge in [0.1, 0.15) is 11.5 Å². The van der Waals surface area contributed by atoms with E-state index in [4.69, 9.17) is 9.47 Å². The molecular weight excluding hydrogens is 402 g/mol. The molecule has 3 N–H and O–H groups in total. The number of benzene rings is 2. The number of aryl methyl sites for hydroxylation is 1. The van der Waals surface area contributed by atoms with Crippen molar-refractivity contribution in [1.29, 1.82) is 0 Å². The lowest BCUT2D eigenvalue weighted by Gasteiger charge is -2.21. The number of aromatic amines is 1. The SMILES string of the molecule is CN=C(NCCc1c[nH]c2cccc(C)c12)NC1CCN(c2cc(OC)cc(OC)c2)C1. The summed E-state index contributed by atoms with van der Waals surface area (Å²) in [5.74, 6) is 2.46. The molecule has 4 rings (SSSR count). The quantitative estimate of drug-likeness (QED) is 0.391. The molecule has 2 heterocycles. The number of nitrogens with one attached hydrogen (secondary N) is 3. The van der Waals surface area contributed by atoms with Crippen LogP contribution in [-0.2, 0) is 6.42 Å². The van der Waals surface area contributed by atoms with Gasteiger partial charge in [-0.05, 0) is 37.0 Å². The smallest absolute Gasteiger partial charge is 0.191 e. The lowest BCUT2D eigenvalue weighted by molar-refractivity contribution is 0.394. The van der Waals surface area contributed by atoms with Gasteiger partial charge in [-0.2, -0.15) is 0 Å². The van der Waals surface area contributed by atoms with E-state index in [1.54, 1.807) is 14.2 Å². The number of guanidine groups is 1. The lowest BCUT2D eigenvalue weighted by Crippen LogP contribution is -2.45. The van der Waals surface area contributed by atoms with E-state index in [2.05, 4.69) is 69.0 Å². The van der Waals surface area contributed by atoms with E-state index in [1.807, 2.05) is 13.1 Å². The molecule has 7 heteroatoms. The Morgan fingerprint density at radius 3 is 2.69 bits per heavy atom. The Balaban J connectivity index is 1.32. The minimum atomic E-state index is 0.328. The van der Waals surface area contributed by atoms with Crippen molar-refractivity contribution in [3.63, 3.8) is 0 Å². The molecule has 0 amide bonds. The van der Waals surface area contributed by atoms with Crippen LogP contribution >= 0.6 is 0 Å². The number of methoxy groups -OCH3 is 2. The van der Waals surface area contributed by atoms with Gasteiger partial charge in [0.05, 0.1) is 14.2 Å². The third-order valence-corrected chi connectivity index (χ3v) is 6.14. The summed E-state index contributed by atoms with van der Waals surface area (Å²) in [4.78, 5) is 10.2. The second kappa shape index (κ2) is 9.85. The maximum atomic E-state index is 5.42. The summed E-state index contributed by atoms with van der Waals surface area (Å²) >= 11 is 0. The third kappa shape index (κ3) is 4.77. The number of anilines is 1. The Bertz CT molecular complexity index is 1070. The normalized spacial score (nSPS) is 16.4. The van der Waals surface area contributed by atoms with E-state index < -0.39 is 0 Å². The highest BCUT2D eigenvalue weighted by atomic mass is 16.5. The van der Waals surface area contributed by atoms with Crippen LogP contribution in [0.25, 0.3) is 10.9 Å². The zero-order valence-corrected chi connectivity index (χ0v) is 19.4. The fourth-order valence-electron chi connectivity index (χ4n) is 4.44. The highest BCUT2D eigenvalue weighted by molar-refractivity contribution is 5.86. The van der Waals surface area contributed by atoms with Gasteiger partial charge in [0, 0.05) is 73.7 Å². The van der Waals surface area contributed by atoms with Gasteiger partial charge in [-0.15, -0.1) is 0 Å². The first-order chi connectivity index (χ1) is 15.6. The Labute approximate surface area is 189 Å². The predicted molar refractivity (Wildman–Crippen MR) is 131 cm³/mol. The van der Waals surface area contributed by atoms with Gasteiger partial charge in [-0.25, -0.2) is 0 Å². The first-order valence-corrected chi connectivity index (χ1v) is 11.1. The number of H-pyrrole nitrogens is 1. The van der Waals surface area contributed by atoms with Crippen LogP contribution < -0.4 is 25.0 Å². The van der Waals surface area contributed by atoms with Gasteiger partial charge < -0.3 is 30.0 Å². The summed E-state index contributed by atoms with van der Waals surface area (Å²) in [7, 11) is 5.19. The topological polar surface area (TPSA) is 73.9 Å².